The number of aliphatic carboxylic acids is 2. The van der Waals surface area contributed by atoms with Crippen molar-refractivity contribution in [3.8, 4) is 0 Å². The summed E-state index contributed by atoms with van der Waals surface area (Å²) in [6, 6.07) is 0. The molecule has 2 atom stereocenters. The second kappa shape index (κ2) is 20.0. The Kier molecular flexibility index (Phi) is 21.1. The summed E-state index contributed by atoms with van der Waals surface area (Å²) in [5.41, 5.74) is 0. The van der Waals surface area contributed by atoms with E-state index in [4.69, 9.17) is 0 Å². The molecule has 0 saturated heterocycles. The van der Waals surface area contributed by atoms with Gasteiger partial charge in [0.2, 0.25) is 0 Å². The number of carboxylic acids is 2. The summed E-state index contributed by atoms with van der Waals surface area (Å²) in [6.45, 7) is -10.7. The fourth-order valence-electron chi connectivity index (χ4n) is 4.30. The van der Waals surface area contributed by atoms with Crippen molar-refractivity contribution < 1.29 is 203 Å². The van der Waals surface area contributed by atoms with E-state index >= 15 is 0 Å². The van der Waals surface area contributed by atoms with E-state index in [2.05, 4.69) is 0 Å². The maximum atomic E-state index is 14.2. The van der Waals surface area contributed by atoms with Crippen LogP contribution in [-0.4, -0.2) is 155 Å². The third-order valence-electron chi connectivity index (χ3n) is 7.36. The van der Waals surface area contributed by atoms with Crippen molar-refractivity contribution in [2.24, 2.45) is 0 Å². The molecule has 0 aromatic rings. The number of carbonyl (C=O) groups excluding carboxylic acids is 2. The first-order chi connectivity index (χ1) is 25.1. The molecule has 346 valence electrons. The summed E-state index contributed by atoms with van der Waals surface area (Å²) < 4.78 is 346. The fraction of sp³-hybridized carbons (Fsp3) is 0.917. The van der Waals surface area contributed by atoms with Gasteiger partial charge in [0.05, 0.1) is 24.1 Å². The van der Waals surface area contributed by atoms with E-state index in [1.54, 1.807) is 0 Å². The normalized spacial score (nSPS) is 16.0. The van der Waals surface area contributed by atoms with E-state index in [1.165, 1.54) is 0 Å². The summed E-state index contributed by atoms with van der Waals surface area (Å²) in [4.78, 5) is 21.6. The van der Waals surface area contributed by atoms with E-state index in [-0.39, 0.29) is 68.9 Å². The molecular formula is C24H20F26N2Na2O6. The number of alkyl halides is 26. The van der Waals surface area contributed by atoms with Crippen LogP contribution in [0, 0.1) is 0 Å². The van der Waals surface area contributed by atoms with Crippen molar-refractivity contribution in [1.82, 2.24) is 9.80 Å². The molecule has 0 aromatic heterocycles. The minimum absolute atomic E-state index is 0. The van der Waals surface area contributed by atoms with Gasteiger partial charge in [0.1, 0.15) is 0 Å². The van der Waals surface area contributed by atoms with Crippen LogP contribution in [0.5, 0.6) is 0 Å². The molecule has 2 unspecified atom stereocenters. The Morgan fingerprint density at radius 1 is 0.400 bits per heavy atom. The van der Waals surface area contributed by atoms with E-state index in [0.29, 0.717) is 0 Å². The number of aliphatic hydroxyl groups is 2. The van der Waals surface area contributed by atoms with Crippen LogP contribution in [0.1, 0.15) is 12.8 Å². The number of hydrogen-bond donors (Lipinski definition) is 2. The largest absolute Gasteiger partial charge is 1.00 e. The minimum Gasteiger partial charge on any atom is -0.549 e. The summed E-state index contributed by atoms with van der Waals surface area (Å²) in [6.07, 6.45) is -29.3. The van der Waals surface area contributed by atoms with Crippen LogP contribution in [0.3, 0.4) is 0 Å². The number of aliphatic hydroxyl groups excluding tert-OH is 2. The van der Waals surface area contributed by atoms with Crippen molar-refractivity contribution >= 4 is 11.9 Å². The van der Waals surface area contributed by atoms with Gasteiger partial charge in [-0.05, 0) is 0 Å². The number of halogens is 26. The summed E-state index contributed by atoms with van der Waals surface area (Å²) in [7, 11) is 0. The molecule has 2 N–H and O–H groups in total. The van der Waals surface area contributed by atoms with Crippen molar-refractivity contribution in [3.63, 3.8) is 0 Å². The Balaban J connectivity index is -0.0000162. The number of hydrogen-bond acceptors (Lipinski definition) is 8. The molecule has 0 spiro atoms. The standard InChI is InChI=1S/C24H22F26N2O6.2Na/c25-13(26,15(29,30)17(33,34)19(37,38)21(41,42)23(45,46)47)3-9(53)5-51(7-11(55)56)1-2-52(8-12(57)58)6-10(54)4-14(27,28)16(31,32)18(35,36)20(39,40)22(43,44)24(48,49)50;;/h9-10,53-54H,1-8H2,(H,55,56)(H,57,58);;/q;2*+1/p-2. The number of rotatable bonds is 23. The molecule has 0 amide bonds. The molecule has 0 rings (SSSR count). The molecule has 36 heteroatoms. The maximum Gasteiger partial charge on any atom is 1.00 e. The Bertz CT molecular complexity index is 1330. The number of nitrogens with zero attached hydrogens (tertiary/aromatic N) is 2. The summed E-state index contributed by atoms with van der Waals surface area (Å²) in [5, 5.41) is 41.4. The molecule has 0 aliphatic rings. The van der Waals surface area contributed by atoms with Gasteiger partial charge in [0.15, 0.2) is 0 Å². The zero-order valence-electron chi connectivity index (χ0n) is 29.1. The van der Waals surface area contributed by atoms with Crippen LogP contribution in [0.4, 0.5) is 114 Å². The number of carboxylic acid groups (broad SMARTS) is 2. The van der Waals surface area contributed by atoms with Gasteiger partial charge >= 0.3 is 131 Å². The van der Waals surface area contributed by atoms with Crippen LogP contribution in [0.2, 0.25) is 0 Å². The molecule has 0 bridgehead atoms. The first kappa shape index (κ1) is 63.2. The van der Waals surface area contributed by atoms with Crippen LogP contribution in [-0.2, 0) is 9.59 Å². The van der Waals surface area contributed by atoms with Crippen molar-refractivity contribution in [2.75, 3.05) is 39.3 Å². The first-order valence-corrected chi connectivity index (χ1v) is 14.2. The predicted octanol–water partition coefficient (Wildman–Crippen LogP) is -1.92. The van der Waals surface area contributed by atoms with Crippen molar-refractivity contribution in [2.45, 2.75) is 96.6 Å². The third kappa shape index (κ3) is 12.4. The van der Waals surface area contributed by atoms with E-state index in [0.717, 1.165) is 0 Å². The summed E-state index contributed by atoms with van der Waals surface area (Å²) >= 11 is 0. The second-order valence-electron chi connectivity index (χ2n) is 11.9. The second-order valence-corrected chi connectivity index (χ2v) is 11.9. The van der Waals surface area contributed by atoms with Gasteiger partial charge in [-0.15, -0.1) is 0 Å². The monoisotopic (exact) mass is 972 g/mol. The van der Waals surface area contributed by atoms with E-state index in [1.807, 2.05) is 0 Å². The Morgan fingerprint density at radius 3 is 0.783 bits per heavy atom. The molecule has 0 aliphatic heterocycles. The molecule has 0 heterocycles. The van der Waals surface area contributed by atoms with Gasteiger partial charge in [-0.2, -0.15) is 114 Å². The Labute approximate surface area is 359 Å². The predicted molar refractivity (Wildman–Crippen MR) is 126 cm³/mol. The zero-order valence-corrected chi connectivity index (χ0v) is 33.1. The topological polar surface area (TPSA) is 127 Å². The van der Waals surface area contributed by atoms with Crippen LogP contribution >= 0.6 is 0 Å². The van der Waals surface area contributed by atoms with Gasteiger partial charge in [0, 0.05) is 52.1 Å². The van der Waals surface area contributed by atoms with E-state index < -0.39 is 148 Å². The van der Waals surface area contributed by atoms with Crippen LogP contribution < -0.4 is 69.3 Å². The molecule has 8 nitrogen and oxygen atoms in total. The Morgan fingerprint density at radius 2 is 0.600 bits per heavy atom. The van der Waals surface area contributed by atoms with Crippen LogP contribution in [0.25, 0.3) is 0 Å². The molecule has 0 fully saturated rings. The molecule has 0 aliphatic carbocycles. The summed E-state index contributed by atoms with van der Waals surface area (Å²) in [5.74, 6) is -84.4. The molecule has 0 aromatic carbocycles. The van der Waals surface area contributed by atoms with Crippen LogP contribution in [0.15, 0.2) is 0 Å². The van der Waals surface area contributed by atoms with Crippen molar-refractivity contribution in [1.29, 1.82) is 0 Å². The van der Waals surface area contributed by atoms with Gasteiger partial charge in [-0.1, -0.05) is 0 Å². The molecule has 0 radical (unpaired) electrons. The third-order valence-corrected chi connectivity index (χ3v) is 7.36. The van der Waals surface area contributed by atoms with Gasteiger partial charge < -0.3 is 30.0 Å². The average molecular weight is 972 g/mol. The maximum absolute atomic E-state index is 14.2. The quantitative estimate of drug-likeness (QED) is 0.0898. The Hall–Kier alpha value is -1.04. The molecule has 60 heavy (non-hydrogen) atoms. The van der Waals surface area contributed by atoms with Gasteiger partial charge in [0.25, 0.3) is 0 Å². The SMILES string of the molecule is O=C([O-])CN(CCN(CC(=O)[O-])CC(O)CC(F)(F)C(F)(F)C(F)(F)C(F)(F)C(F)(F)C(F)(F)F)CC(O)CC(F)(F)C(F)(F)C(F)(F)C(F)(F)C(F)(F)C(F)(F)F.[Na+].[Na+]. The average Bonchev–Trinajstić information content (AvgIpc) is 2.96. The fourth-order valence-corrected chi connectivity index (χ4v) is 4.30. The van der Waals surface area contributed by atoms with Gasteiger partial charge in [-0.25, -0.2) is 0 Å². The smallest absolute Gasteiger partial charge is 0.549 e. The zero-order chi connectivity index (χ0) is 47.1. The van der Waals surface area contributed by atoms with E-state index in [9.17, 15) is 144 Å². The minimum atomic E-state index is -8.36. The molecular weight excluding hydrogens is 952 g/mol. The number of carbonyl (C=O) groups is 2. The molecule has 0 saturated carbocycles. The van der Waals surface area contributed by atoms with Gasteiger partial charge in [-0.3, -0.25) is 9.80 Å². The van der Waals surface area contributed by atoms with Crippen molar-refractivity contribution in [3.05, 3.63) is 0 Å². The first-order valence-electron chi connectivity index (χ1n) is 14.2.